The lowest BCUT2D eigenvalue weighted by atomic mass is 10.0. The van der Waals surface area contributed by atoms with Crippen LogP contribution < -0.4 is 10.0 Å². The predicted molar refractivity (Wildman–Crippen MR) is 67.1 cm³/mol. The molecule has 0 aliphatic carbocycles. The molecular formula is C12H15F3N2O2S. The predicted octanol–water partition coefficient (Wildman–Crippen LogP) is 1.52. The third kappa shape index (κ3) is 2.97. The summed E-state index contributed by atoms with van der Waals surface area (Å²) in [4.78, 5) is -0.880. The maximum Gasteiger partial charge on any atom is 0.243 e. The smallest absolute Gasteiger partial charge is 0.243 e. The lowest BCUT2D eigenvalue weighted by Crippen LogP contribution is -2.51. The third-order valence-electron chi connectivity index (χ3n) is 3.36. The number of rotatable bonds is 3. The van der Waals surface area contributed by atoms with Gasteiger partial charge in [-0.3, -0.25) is 0 Å². The van der Waals surface area contributed by atoms with Gasteiger partial charge in [-0.2, -0.15) is 0 Å². The Bertz CT molecular complexity index is 607. The van der Waals surface area contributed by atoms with Gasteiger partial charge in [0.05, 0.1) is 0 Å². The Hall–Kier alpha value is -1.12. The zero-order valence-corrected chi connectivity index (χ0v) is 11.6. The van der Waals surface area contributed by atoms with Crippen molar-refractivity contribution in [1.29, 1.82) is 0 Å². The van der Waals surface area contributed by atoms with Crippen molar-refractivity contribution in [2.75, 3.05) is 6.54 Å². The van der Waals surface area contributed by atoms with Gasteiger partial charge in [0.2, 0.25) is 10.0 Å². The fraction of sp³-hybridized carbons (Fsp3) is 0.500. The van der Waals surface area contributed by atoms with Gasteiger partial charge in [-0.05, 0) is 38.4 Å². The molecule has 20 heavy (non-hydrogen) atoms. The van der Waals surface area contributed by atoms with Gasteiger partial charge in [-0.15, -0.1) is 0 Å². The van der Waals surface area contributed by atoms with E-state index >= 15 is 0 Å². The fourth-order valence-electron chi connectivity index (χ4n) is 2.18. The van der Waals surface area contributed by atoms with Crippen molar-refractivity contribution in [3.63, 3.8) is 0 Å². The second kappa shape index (κ2) is 5.71. The van der Waals surface area contributed by atoms with Crippen LogP contribution in [0.1, 0.15) is 19.8 Å². The summed E-state index contributed by atoms with van der Waals surface area (Å²) in [5, 5.41) is 3.09. The van der Waals surface area contributed by atoms with Crippen LogP contribution in [-0.4, -0.2) is 27.0 Å². The standard InChI is InChI=1S/C12H15F3N2O2S/c1-7-9(3-2-6-16-7)17-20(18,19)10-5-4-8(13)11(14)12(10)15/h4-5,7,9,16-17H,2-3,6H2,1H3. The first-order valence-corrected chi connectivity index (χ1v) is 7.70. The minimum absolute atomic E-state index is 0.119. The summed E-state index contributed by atoms with van der Waals surface area (Å²) < 4.78 is 66.0. The third-order valence-corrected chi connectivity index (χ3v) is 4.86. The molecule has 1 aliphatic rings. The molecule has 1 fully saturated rings. The number of nitrogens with one attached hydrogen (secondary N) is 2. The van der Waals surface area contributed by atoms with Crippen LogP contribution in [0.25, 0.3) is 0 Å². The minimum Gasteiger partial charge on any atom is -0.313 e. The summed E-state index contributed by atoms with van der Waals surface area (Å²) in [5.74, 6) is -4.91. The highest BCUT2D eigenvalue weighted by molar-refractivity contribution is 7.89. The van der Waals surface area contributed by atoms with Crippen molar-refractivity contribution in [3.8, 4) is 0 Å². The van der Waals surface area contributed by atoms with Crippen molar-refractivity contribution in [2.45, 2.75) is 36.7 Å². The van der Waals surface area contributed by atoms with Gasteiger partial charge in [0.15, 0.2) is 17.5 Å². The van der Waals surface area contributed by atoms with E-state index in [2.05, 4.69) is 10.0 Å². The van der Waals surface area contributed by atoms with Gasteiger partial charge in [0, 0.05) is 12.1 Å². The summed E-state index contributed by atoms with van der Waals surface area (Å²) in [6.45, 7) is 2.58. The molecule has 0 saturated carbocycles. The van der Waals surface area contributed by atoms with Crippen LogP contribution in [0.2, 0.25) is 0 Å². The molecule has 0 amide bonds. The normalized spacial score (nSPS) is 23.8. The van der Waals surface area contributed by atoms with Gasteiger partial charge in [0.25, 0.3) is 0 Å². The Labute approximate surface area is 115 Å². The van der Waals surface area contributed by atoms with E-state index in [4.69, 9.17) is 0 Å². The molecule has 2 N–H and O–H groups in total. The van der Waals surface area contributed by atoms with Crippen molar-refractivity contribution in [1.82, 2.24) is 10.0 Å². The highest BCUT2D eigenvalue weighted by Crippen LogP contribution is 2.21. The Morgan fingerprint density at radius 2 is 1.95 bits per heavy atom. The second-order valence-electron chi connectivity index (χ2n) is 4.79. The highest BCUT2D eigenvalue weighted by Gasteiger charge is 2.29. The second-order valence-corrected chi connectivity index (χ2v) is 6.47. The Morgan fingerprint density at radius 1 is 1.25 bits per heavy atom. The molecule has 1 aromatic rings. The average Bonchev–Trinajstić information content (AvgIpc) is 2.38. The Morgan fingerprint density at radius 3 is 2.60 bits per heavy atom. The van der Waals surface area contributed by atoms with Gasteiger partial charge in [-0.1, -0.05) is 0 Å². The van der Waals surface area contributed by atoms with Gasteiger partial charge in [0.1, 0.15) is 4.90 Å². The molecule has 1 heterocycles. The Balaban J connectivity index is 2.29. The summed E-state index contributed by atoms with van der Waals surface area (Å²) in [5.41, 5.74) is 0. The molecule has 1 aromatic carbocycles. The fourth-order valence-corrected chi connectivity index (χ4v) is 3.60. The molecule has 8 heteroatoms. The molecule has 112 valence electrons. The number of hydrogen-bond donors (Lipinski definition) is 2. The maximum atomic E-state index is 13.6. The summed E-state index contributed by atoms with van der Waals surface area (Å²) in [6, 6.07) is 0.778. The number of piperidine rings is 1. The number of sulfonamides is 1. The van der Waals surface area contributed by atoms with E-state index in [0.717, 1.165) is 19.0 Å². The molecule has 0 radical (unpaired) electrons. The molecule has 0 spiro atoms. The SMILES string of the molecule is CC1NCCCC1NS(=O)(=O)c1ccc(F)c(F)c1F. The van der Waals surface area contributed by atoms with Crippen molar-refractivity contribution in [3.05, 3.63) is 29.6 Å². The first-order chi connectivity index (χ1) is 9.33. The van der Waals surface area contributed by atoms with E-state index in [-0.39, 0.29) is 6.04 Å². The van der Waals surface area contributed by atoms with E-state index in [1.165, 1.54) is 0 Å². The molecule has 1 aliphatic heterocycles. The lowest BCUT2D eigenvalue weighted by molar-refractivity contribution is 0.348. The largest absolute Gasteiger partial charge is 0.313 e. The number of benzene rings is 1. The van der Waals surface area contributed by atoms with Crippen molar-refractivity contribution in [2.24, 2.45) is 0 Å². The molecule has 2 atom stereocenters. The van der Waals surface area contributed by atoms with Gasteiger partial charge >= 0.3 is 0 Å². The molecule has 2 unspecified atom stereocenters. The molecule has 2 rings (SSSR count). The van der Waals surface area contributed by atoms with Crippen LogP contribution in [0.15, 0.2) is 17.0 Å². The van der Waals surface area contributed by atoms with Crippen LogP contribution in [0, 0.1) is 17.5 Å². The lowest BCUT2D eigenvalue weighted by Gasteiger charge is -2.30. The van der Waals surface area contributed by atoms with E-state index in [0.29, 0.717) is 12.5 Å². The summed E-state index contributed by atoms with van der Waals surface area (Å²) in [7, 11) is -4.23. The van der Waals surface area contributed by atoms with E-state index < -0.39 is 38.4 Å². The number of halogens is 3. The van der Waals surface area contributed by atoms with Gasteiger partial charge < -0.3 is 5.32 Å². The topological polar surface area (TPSA) is 58.2 Å². The highest BCUT2D eigenvalue weighted by atomic mass is 32.2. The maximum absolute atomic E-state index is 13.6. The van der Waals surface area contributed by atoms with Crippen LogP contribution in [0.3, 0.4) is 0 Å². The quantitative estimate of drug-likeness (QED) is 0.833. The van der Waals surface area contributed by atoms with Crippen LogP contribution in [0.5, 0.6) is 0 Å². The minimum atomic E-state index is -4.23. The molecular weight excluding hydrogens is 293 g/mol. The molecule has 0 aromatic heterocycles. The first-order valence-electron chi connectivity index (χ1n) is 6.22. The molecule has 1 saturated heterocycles. The van der Waals surface area contributed by atoms with Crippen molar-refractivity contribution >= 4 is 10.0 Å². The van der Waals surface area contributed by atoms with Crippen LogP contribution in [-0.2, 0) is 10.0 Å². The zero-order valence-electron chi connectivity index (χ0n) is 10.8. The van der Waals surface area contributed by atoms with E-state index in [1.807, 2.05) is 0 Å². The van der Waals surface area contributed by atoms with Crippen LogP contribution >= 0.6 is 0 Å². The molecule has 0 bridgehead atoms. The van der Waals surface area contributed by atoms with Crippen LogP contribution in [0.4, 0.5) is 13.2 Å². The Kier molecular flexibility index (Phi) is 4.36. The average molecular weight is 308 g/mol. The molecule has 4 nitrogen and oxygen atoms in total. The zero-order chi connectivity index (χ0) is 14.9. The van der Waals surface area contributed by atoms with Crippen molar-refractivity contribution < 1.29 is 21.6 Å². The first kappa shape index (κ1) is 15.3. The summed E-state index contributed by atoms with van der Waals surface area (Å²) >= 11 is 0. The monoisotopic (exact) mass is 308 g/mol. The number of hydrogen-bond acceptors (Lipinski definition) is 3. The van der Waals surface area contributed by atoms with E-state index in [9.17, 15) is 21.6 Å². The van der Waals surface area contributed by atoms with Gasteiger partial charge in [-0.25, -0.2) is 26.3 Å². The summed E-state index contributed by atoms with van der Waals surface area (Å²) in [6.07, 6.45) is 1.37. The van der Waals surface area contributed by atoms with E-state index in [1.54, 1.807) is 6.92 Å².